The maximum atomic E-state index is 12.4. The second-order valence-corrected chi connectivity index (χ2v) is 10.0. The number of aryl methyl sites for hydroxylation is 2. The van der Waals surface area contributed by atoms with E-state index in [2.05, 4.69) is 10.5 Å². The number of benzene rings is 3. The van der Waals surface area contributed by atoms with Gasteiger partial charge in [-0.05, 0) is 78.6 Å². The molecule has 36 heavy (non-hydrogen) atoms. The number of nitro benzene ring substituents is 1. The van der Waals surface area contributed by atoms with Crippen LogP contribution in [0.2, 0.25) is 0 Å². The summed E-state index contributed by atoms with van der Waals surface area (Å²) >= 11 is 0. The van der Waals surface area contributed by atoms with E-state index in [0.717, 1.165) is 27.3 Å². The SMILES string of the molecule is Cc1ccc(C)c(N(CC(=O)N/N=C\c2ccc(OCc3ccc([N+](=O)[O-])cc3)cc2)S(C)(=O)=O)c1. The van der Waals surface area contributed by atoms with Gasteiger partial charge in [-0.2, -0.15) is 5.10 Å². The Bertz CT molecular complexity index is 1370. The molecule has 0 atom stereocenters. The van der Waals surface area contributed by atoms with Crippen molar-refractivity contribution in [3.63, 3.8) is 0 Å². The van der Waals surface area contributed by atoms with Gasteiger partial charge in [-0.25, -0.2) is 13.8 Å². The Kier molecular flexibility index (Phi) is 8.38. The quantitative estimate of drug-likeness (QED) is 0.251. The summed E-state index contributed by atoms with van der Waals surface area (Å²) in [5.74, 6) is 0.00693. The highest BCUT2D eigenvalue weighted by molar-refractivity contribution is 7.92. The number of amides is 1. The van der Waals surface area contributed by atoms with Crippen LogP contribution in [0.15, 0.2) is 71.8 Å². The normalized spacial score (nSPS) is 11.3. The third kappa shape index (κ3) is 7.37. The molecule has 0 fully saturated rings. The molecule has 0 saturated carbocycles. The van der Waals surface area contributed by atoms with Crippen LogP contribution in [0.1, 0.15) is 22.3 Å². The zero-order valence-electron chi connectivity index (χ0n) is 20.0. The summed E-state index contributed by atoms with van der Waals surface area (Å²) in [7, 11) is -3.69. The zero-order valence-corrected chi connectivity index (χ0v) is 20.9. The van der Waals surface area contributed by atoms with Gasteiger partial charge in [-0.1, -0.05) is 12.1 Å². The molecule has 0 saturated heterocycles. The van der Waals surface area contributed by atoms with Crippen molar-refractivity contribution in [3.8, 4) is 5.75 Å². The molecule has 0 unspecified atom stereocenters. The second-order valence-electron chi connectivity index (χ2n) is 8.13. The fourth-order valence-corrected chi connectivity index (χ4v) is 4.15. The third-order valence-electron chi connectivity index (χ3n) is 5.16. The van der Waals surface area contributed by atoms with Gasteiger partial charge in [0.1, 0.15) is 18.9 Å². The number of hydrogen-bond donors (Lipinski definition) is 1. The van der Waals surface area contributed by atoms with Crippen molar-refractivity contribution < 1.29 is 22.9 Å². The molecule has 1 N–H and O–H groups in total. The van der Waals surface area contributed by atoms with Gasteiger partial charge >= 0.3 is 0 Å². The maximum Gasteiger partial charge on any atom is 0.269 e. The zero-order chi connectivity index (χ0) is 26.3. The Morgan fingerprint density at radius 2 is 1.75 bits per heavy atom. The number of nitro groups is 1. The van der Waals surface area contributed by atoms with Crippen molar-refractivity contribution in [2.45, 2.75) is 20.5 Å². The molecule has 0 aliphatic rings. The lowest BCUT2D eigenvalue weighted by atomic mass is 10.1. The number of anilines is 1. The lowest BCUT2D eigenvalue weighted by Crippen LogP contribution is -2.39. The number of nitrogens with one attached hydrogen (secondary N) is 1. The van der Waals surface area contributed by atoms with Gasteiger partial charge in [0.15, 0.2) is 0 Å². The first-order chi connectivity index (χ1) is 17.0. The summed E-state index contributed by atoms with van der Waals surface area (Å²) in [6.07, 6.45) is 2.48. The van der Waals surface area contributed by atoms with Gasteiger partial charge in [0.25, 0.3) is 11.6 Å². The Balaban J connectivity index is 1.55. The number of non-ortho nitro benzene ring substituents is 1. The van der Waals surface area contributed by atoms with Crippen LogP contribution in [-0.2, 0) is 21.4 Å². The predicted molar refractivity (Wildman–Crippen MR) is 138 cm³/mol. The molecule has 1 amide bonds. The average molecular weight is 511 g/mol. The van der Waals surface area contributed by atoms with Gasteiger partial charge < -0.3 is 4.74 Å². The third-order valence-corrected chi connectivity index (χ3v) is 6.28. The number of ether oxygens (including phenoxy) is 1. The Morgan fingerprint density at radius 1 is 1.08 bits per heavy atom. The summed E-state index contributed by atoms with van der Waals surface area (Å²) in [5, 5.41) is 14.6. The molecule has 0 spiro atoms. The molecule has 0 bridgehead atoms. The summed E-state index contributed by atoms with van der Waals surface area (Å²) in [6.45, 7) is 3.47. The van der Waals surface area contributed by atoms with Crippen molar-refractivity contribution in [3.05, 3.63) is 99.1 Å². The van der Waals surface area contributed by atoms with Gasteiger partial charge in [0.05, 0.1) is 23.1 Å². The number of carbonyl (C=O) groups excluding carboxylic acids is 1. The molecule has 188 valence electrons. The van der Waals surface area contributed by atoms with Crippen molar-refractivity contribution in [1.82, 2.24) is 5.43 Å². The number of carbonyl (C=O) groups is 1. The first-order valence-electron chi connectivity index (χ1n) is 10.9. The highest BCUT2D eigenvalue weighted by atomic mass is 32.2. The number of sulfonamides is 1. The van der Waals surface area contributed by atoms with Crippen molar-refractivity contribution in [2.24, 2.45) is 5.10 Å². The van der Waals surface area contributed by atoms with Crippen LogP contribution in [0.5, 0.6) is 5.75 Å². The van der Waals surface area contributed by atoms with Crippen LogP contribution in [0.25, 0.3) is 0 Å². The van der Waals surface area contributed by atoms with E-state index in [0.29, 0.717) is 17.0 Å². The molecule has 11 heteroatoms. The minimum Gasteiger partial charge on any atom is -0.489 e. The molecule has 3 aromatic rings. The molecular formula is C25H26N4O6S. The smallest absolute Gasteiger partial charge is 0.269 e. The van der Waals surface area contributed by atoms with Crippen LogP contribution in [0.4, 0.5) is 11.4 Å². The predicted octanol–water partition coefficient (Wildman–Crippen LogP) is 3.71. The van der Waals surface area contributed by atoms with Crippen LogP contribution in [0, 0.1) is 24.0 Å². The molecule has 0 aliphatic carbocycles. The van der Waals surface area contributed by atoms with Gasteiger partial charge in [-0.3, -0.25) is 19.2 Å². The van der Waals surface area contributed by atoms with Crippen LogP contribution in [0.3, 0.4) is 0 Å². The second kappa shape index (κ2) is 11.5. The van der Waals surface area contributed by atoms with E-state index < -0.39 is 27.4 Å². The van der Waals surface area contributed by atoms with E-state index in [4.69, 9.17) is 4.74 Å². The Morgan fingerprint density at radius 3 is 2.36 bits per heavy atom. The lowest BCUT2D eigenvalue weighted by molar-refractivity contribution is -0.384. The van der Waals surface area contributed by atoms with E-state index in [1.807, 2.05) is 13.0 Å². The van der Waals surface area contributed by atoms with E-state index in [-0.39, 0.29) is 12.3 Å². The highest BCUT2D eigenvalue weighted by Crippen LogP contribution is 2.23. The minimum absolute atomic E-state index is 0.0174. The van der Waals surface area contributed by atoms with E-state index >= 15 is 0 Å². The van der Waals surface area contributed by atoms with Crippen LogP contribution >= 0.6 is 0 Å². The van der Waals surface area contributed by atoms with E-state index in [1.54, 1.807) is 55.5 Å². The summed E-state index contributed by atoms with van der Waals surface area (Å²) in [5.41, 5.74) is 5.91. The fraction of sp³-hybridized carbons (Fsp3) is 0.200. The fourth-order valence-electron chi connectivity index (χ4n) is 3.24. The molecule has 0 aliphatic heterocycles. The first kappa shape index (κ1) is 26.4. The number of rotatable bonds is 10. The first-order valence-corrected chi connectivity index (χ1v) is 12.7. The van der Waals surface area contributed by atoms with E-state index in [1.165, 1.54) is 18.3 Å². The highest BCUT2D eigenvalue weighted by Gasteiger charge is 2.22. The van der Waals surface area contributed by atoms with Gasteiger partial charge in [0.2, 0.25) is 10.0 Å². The molecule has 0 heterocycles. The largest absolute Gasteiger partial charge is 0.489 e. The molecular weight excluding hydrogens is 484 g/mol. The number of nitrogens with zero attached hydrogens (tertiary/aromatic N) is 3. The molecule has 3 rings (SSSR count). The Hall–Kier alpha value is -4.25. The van der Waals surface area contributed by atoms with Crippen molar-refractivity contribution in [2.75, 3.05) is 17.1 Å². The topological polar surface area (TPSA) is 131 Å². The summed E-state index contributed by atoms with van der Waals surface area (Å²) in [6, 6.07) is 18.4. The lowest BCUT2D eigenvalue weighted by Gasteiger charge is -2.23. The van der Waals surface area contributed by atoms with Crippen molar-refractivity contribution in [1.29, 1.82) is 0 Å². The summed E-state index contributed by atoms with van der Waals surface area (Å²) in [4.78, 5) is 22.7. The van der Waals surface area contributed by atoms with Gasteiger partial charge in [0, 0.05) is 12.1 Å². The minimum atomic E-state index is -3.69. The monoisotopic (exact) mass is 510 g/mol. The molecule has 0 aromatic heterocycles. The van der Waals surface area contributed by atoms with Crippen molar-refractivity contribution >= 4 is 33.5 Å². The Labute approximate surface area is 209 Å². The van der Waals surface area contributed by atoms with E-state index in [9.17, 15) is 23.3 Å². The summed E-state index contributed by atoms with van der Waals surface area (Å²) < 4.78 is 31.4. The number of hydrazone groups is 1. The van der Waals surface area contributed by atoms with Gasteiger partial charge in [-0.15, -0.1) is 0 Å². The molecule has 10 nitrogen and oxygen atoms in total. The van der Waals surface area contributed by atoms with Crippen LogP contribution in [-0.4, -0.2) is 38.3 Å². The standard InChI is InChI=1S/C25H26N4O6S/c1-18-4-5-19(2)24(14-18)28(36(3,33)34)16-25(30)27-26-15-20-8-12-23(13-9-20)35-17-21-6-10-22(11-7-21)29(31)32/h4-15H,16-17H2,1-3H3,(H,27,30)/b26-15-. The number of hydrogen-bond acceptors (Lipinski definition) is 7. The molecule has 3 aromatic carbocycles. The average Bonchev–Trinajstić information content (AvgIpc) is 2.83. The van der Waals surface area contributed by atoms with Crippen LogP contribution < -0.4 is 14.5 Å². The maximum absolute atomic E-state index is 12.4. The molecule has 0 radical (unpaired) electrons.